The monoisotopic (exact) mass is 259 g/mol. The maximum Gasteiger partial charge on any atom is 0.133 e. The Kier molecular flexibility index (Phi) is 4.28. The normalized spacial score (nSPS) is 17.0. The number of para-hydroxylation sites is 1. The van der Waals surface area contributed by atoms with E-state index < -0.39 is 0 Å². The number of anilines is 1. The van der Waals surface area contributed by atoms with Crippen LogP contribution in [0, 0.1) is 6.92 Å². The van der Waals surface area contributed by atoms with Gasteiger partial charge in [0.05, 0.1) is 0 Å². The van der Waals surface area contributed by atoms with E-state index in [1.54, 1.807) is 0 Å². The summed E-state index contributed by atoms with van der Waals surface area (Å²) in [5.74, 6) is 0.959. The Balaban J connectivity index is 2.27. The maximum atomic E-state index is 11.4. The van der Waals surface area contributed by atoms with Crippen molar-refractivity contribution in [1.29, 1.82) is 0 Å². The SMILES string of the molecule is Cc1cccc(C(C)C)c1N(C)C1CCC(=O)CC1. The summed E-state index contributed by atoms with van der Waals surface area (Å²) in [5, 5.41) is 0. The molecule has 0 aliphatic heterocycles. The Morgan fingerprint density at radius 2 is 1.84 bits per heavy atom. The van der Waals surface area contributed by atoms with Crippen LogP contribution in [0.15, 0.2) is 18.2 Å². The average molecular weight is 259 g/mol. The molecule has 0 amide bonds. The lowest BCUT2D eigenvalue weighted by Gasteiger charge is -2.35. The van der Waals surface area contributed by atoms with Crippen LogP contribution in [0.2, 0.25) is 0 Å². The summed E-state index contributed by atoms with van der Waals surface area (Å²) in [4.78, 5) is 13.8. The second kappa shape index (κ2) is 5.77. The highest BCUT2D eigenvalue weighted by Gasteiger charge is 2.24. The van der Waals surface area contributed by atoms with Crippen LogP contribution in [0.25, 0.3) is 0 Å². The topological polar surface area (TPSA) is 20.3 Å². The van der Waals surface area contributed by atoms with Gasteiger partial charge in [-0.25, -0.2) is 0 Å². The quantitative estimate of drug-likeness (QED) is 0.815. The van der Waals surface area contributed by atoms with E-state index in [2.05, 4.69) is 50.9 Å². The van der Waals surface area contributed by atoms with E-state index >= 15 is 0 Å². The summed E-state index contributed by atoms with van der Waals surface area (Å²) in [6.45, 7) is 6.68. The van der Waals surface area contributed by atoms with E-state index in [-0.39, 0.29) is 0 Å². The summed E-state index contributed by atoms with van der Waals surface area (Å²) in [5.41, 5.74) is 4.13. The first kappa shape index (κ1) is 14.1. The number of nitrogens with zero attached hydrogens (tertiary/aromatic N) is 1. The Bertz CT molecular complexity index is 454. The van der Waals surface area contributed by atoms with E-state index in [9.17, 15) is 4.79 Å². The molecule has 0 saturated heterocycles. The van der Waals surface area contributed by atoms with Crippen molar-refractivity contribution in [2.24, 2.45) is 0 Å². The van der Waals surface area contributed by atoms with Gasteiger partial charge in [-0.15, -0.1) is 0 Å². The number of aryl methyl sites for hydroxylation is 1. The third-order valence-corrected chi connectivity index (χ3v) is 4.30. The third-order valence-electron chi connectivity index (χ3n) is 4.30. The minimum absolute atomic E-state index is 0.429. The van der Waals surface area contributed by atoms with Crippen LogP contribution < -0.4 is 4.90 Å². The van der Waals surface area contributed by atoms with E-state index in [1.165, 1.54) is 16.8 Å². The molecule has 1 aromatic carbocycles. The van der Waals surface area contributed by atoms with Gasteiger partial charge in [0.25, 0.3) is 0 Å². The molecule has 0 bridgehead atoms. The number of hydrogen-bond donors (Lipinski definition) is 0. The molecule has 0 radical (unpaired) electrons. The molecule has 0 spiro atoms. The standard InChI is InChI=1S/C17H25NO/c1-12(2)16-7-5-6-13(3)17(16)18(4)14-8-10-15(19)11-9-14/h5-7,12,14H,8-11H2,1-4H3. The predicted octanol–water partition coefficient (Wildman–Crippen LogP) is 4.07. The lowest BCUT2D eigenvalue weighted by atomic mass is 9.91. The van der Waals surface area contributed by atoms with Gasteiger partial charge < -0.3 is 4.90 Å². The van der Waals surface area contributed by atoms with Crippen LogP contribution in [0.3, 0.4) is 0 Å². The first-order valence-electron chi connectivity index (χ1n) is 7.34. The lowest BCUT2D eigenvalue weighted by Crippen LogP contribution is -2.36. The van der Waals surface area contributed by atoms with Crippen LogP contribution in [0.1, 0.15) is 56.6 Å². The summed E-state index contributed by atoms with van der Waals surface area (Å²) in [6.07, 6.45) is 3.50. The number of carbonyl (C=O) groups excluding carboxylic acids is 1. The van der Waals surface area contributed by atoms with Crippen LogP contribution in [-0.2, 0) is 4.79 Å². The largest absolute Gasteiger partial charge is 0.371 e. The van der Waals surface area contributed by atoms with Gasteiger partial charge in [0, 0.05) is 31.6 Å². The minimum atomic E-state index is 0.429. The molecule has 19 heavy (non-hydrogen) atoms. The highest BCUT2D eigenvalue weighted by Crippen LogP contribution is 2.33. The van der Waals surface area contributed by atoms with Crippen LogP contribution in [0.4, 0.5) is 5.69 Å². The molecule has 1 aliphatic rings. The van der Waals surface area contributed by atoms with E-state index in [0.717, 1.165) is 25.7 Å². The molecular weight excluding hydrogens is 234 g/mol. The number of ketones is 1. The van der Waals surface area contributed by atoms with Crippen molar-refractivity contribution in [3.63, 3.8) is 0 Å². The van der Waals surface area contributed by atoms with Crippen molar-refractivity contribution in [3.8, 4) is 0 Å². The fourth-order valence-corrected chi connectivity index (χ4v) is 3.12. The van der Waals surface area contributed by atoms with Crippen LogP contribution in [0.5, 0.6) is 0 Å². The molecule has 0 N–H and O–H groups in total. The minimum Gasteiger partial charge on any atom is -0.371 e. The number of Topliss-reactive ketones (excluding diaryl/α,β-unsaturated/α-hetero) is 1. The number of carbonyl (C=O) groups is 1. The van der Waals surface area contributed by atoms with Crippen molar-refractivity contribution in [3.05, 3.63) is 29.3 Å². The van der Waals surface area contributed by atoms with E-state index in [4.69, 9.17) is 0 Å². The van der Waals surface area contributed by atoms with Gasteiger partial charge in [0.15, 0.2) is 0 Å². The van der Waals surface area contributed by atoms with Crippen LogP contribution >= 0.6 is 0 Å². The fraction of sp³-hybridized carbons (Fsp3) is 0.588. The summed E-state index contributed by atoms with van der Waals surface area (Å²) < 4.78 is 0. The van der Waals surface area contributed by atoms with E-state index in [0.29, 0.717) is 17.7 Å². The number of benzene rings is 1. The fourth-order valence-electron chi connectivity index (χ4n) is 3.12. The van der Waals surface area contributed by atoms with Crippen molar-refractivity contribution >= 4 is 11.5 Å². The van der Waals surface area contributed by atoms with Crippen molar-refractivity contribution in [2.45, 2.75) is 58.4 Å². The van der Waals surface area contributed by atoms with Gasteiger partial charge in [-0.1, -0.05) is 32.0 Å². The molecule has 1 fully saturated rings. The second-order valence-electron chi connectivity index (χ2n) is 6.05. The van der Waals surface area contributed by atoms with Gasteiger partial charge in [0.2, 0.25) is 0 Å². The molecule has 0 heterocycles. The third kappa shape index (κ3) is 2.99. The Morgan fingerprint density at radius 1 is 1.21 bits per heavy atom. The molecule has 1 aliphatic carbocycles. The summed E-state index contributed by atoms with van der Waals surface area (Å²) in [7, 11) is 2.19. The first-order valence-corrected chi connectivity index (χ1v) is 7.34. The van der Waals surface area contributed by atoms with Gasteiger partial charge in [-0.2, -0.15) is 0 Å². The lowest BCUT2D eigenvalue weighted by molar-refractivity contribution is -0.120. The Hall–Kier alpha value is -1.31. The highest BCUT2D eigenvalue weighted by molar-refractivity contribution is 5.79. The molecule has 0 atom stereocenters. The number of hydrogen-bond acceptors (Lipinski definition) is 2. The second-order valence-corrected chi connectivity index (χ2v) is 6.05. The van der Waals surface area contributed by atoms with Gasteiger partial charge in [-0.3, -0.25) is 4.79 Å². The smallest absolute Gasteiger partial charge is 0.133 e. The van der Waals surface area contributed by atoms with Crippen LogP contribution in [-0.4, -0.2) is 18.9 Å². The van der Waals surface area contributed by atoms with Gasteiger partial charge >= 0.3 is 0 Å². The Labute approximate surface area is 116 Å². The predicted molar refractivity (Wildman–Crippen MR) is 80.9 cm³/mol. The molecule has 2 heteroatoms. The van der Waals surface area contributed by atoms with Gasteiger partial charge in [-0.05, 0) is 36.8 Å². The zero-order chi connectivity index (χ0) is 14.0. The van der Waals surface area contributed by atoms with Gasteiger partial charge in [0.1, 0.15) is 5.78 Å². The summed E-state index contributed by atoms with van der Waals surface area (Å²) in [6, 6.07) is 7.08. The molecule has 0 unspecified atom stereocenters. The zero-order valence-corrected chi connectivity index (χ0v) is 12.6. The average Bonchev–Trinajstić information content (AvgIpc) is 2.38. The molecule has 1 aromatic rings. The molecule has 2 nitrogen and oxygen atoms in total. The zero-order valence-electron chi connectivity index (χ0n) is 12.6. The Morgan fingerprint density at radius 3 is 2.42 bits per heavy atom. The number of rotatable bonds is 3. The van der Waals surface area contributed by atoms with Crippen molar-refractivity contribution < 1.29 is 4.79 Å². The molecular formula is C17H25NO. The summed E-state index contributed by atoms with van der Waals surface area (Å²) >= 11 is 0. The van der Waals surface area contributed by atoms with E-state index in [1.807, 2.05) is 0 Å². The van der Waals surface area contributed by atoms with Crippen molar-refractivity contribution in [2.75, 3.05) is 11.9 Å². The molecule has 0 aromatic heterocycles. The molecule has 2 rings (SSSR count). The molecule has 1 saturated carbocycles. The molecule has 104 valence electrons. The highest BCUT2D eigenvalue weighted by atomic mass is 16.1. The maximum absolute atomic E-state index is 11.4. The van der Waals surface area contributed by atoms with Crippen molar-refractivity contribution in [1.82, 2.24) is 0 Å². The first-order chi connectivity index (χ1) is 9.00.